The molecule has 1 atom stereocenters. The van der Waals surface area contributed by atoms with Crippen LogP contribution in [0.15, 0.2) is 24.3 Å². The van der Waals surface area contributed by atoms with E-state index < -0.39 is 0 Å². The zero-order valence-corrected chi connectivity index (χ0v) is 10.8. The molecule has 0 fully saturated rings. The van der Waals surface area contributed by atoms with Crippen LogP contribution in [0.25, 0.3) is 0 Å². The molecule has 0 bridgehead atoms. The third-order valence-corrected chi connectivity index (χ3v) is 3.82. The van der Waals surface area contributed by atoms with Crippen molar-refractivity contribution < 1.29 is 4.79 Å². The van der Waals surface area contributed by atoms with E-state index in [1.807, 2.05) is 19.1 Å². The summed E-state index contributed by atoms with van der Waals surface area (Å²) in [5.74, 6) is 0.723. The van der Waals surface area contributed by atoms with E-state index in [0.717, 1.165) is 19.3 Å². The summed E-state index contributed by atoms with van der Waals surface area (Å²) >= 11 is 5.79. The van der Waals surface area contributed by atoms with Crippen molar-refractivity contribution in [3.8, 4) is 0 Å². The summed E-state index contributed by atoms with van der Waals surface area (Å²) in [6, 6.07) is 8.40. The second-order valence-corrected chi connectivity index (χ2v) is 4.95. The third kappa shape index (κ3) is 2.81. The molecular formula is C14H18ClNO. The van der Waals surface area contributed by atoms with Gasteiger partial charge in [-0.2, -0.15) is 0 Å². The van der Waals surface area contributed by atoms with Gasteiger partial charge in [0.15, 0.2) is 0 Å². The number of fused-ring (bicyclic) bond motifs is 1. The molecule has 1 aromatic rings. The van der Waals surface area contributed by atoms with E-state index in [1.54, 1.807) is 0 Å². The van der Waals surface area contributed by atoms with Crippen molar-refractivity contribution in [3.63, 3.8) is 0 Å². The fourth-order valence-corrected chi connectivity index (χ4v) is 2.61. The Balaban J connectivity index is 1.96. The highest BCUT2D eigenvalue weighted by Crippen LogP contribution is 2.26. The van der Waals surface area contributed by atoms with Crippen molar-refractivity contribution in [3.05, 3.63) is 35.4 Å². The first-order valence-corrected chi connectivity index (χ1v) is 6.71. The maximum atomic E-state index is 12.1. The van der Waals surface area contributed by atoms with Crippen LogP contribution < -0.4 is 5.32 Å². The Morgan fingerprint density at radius 1 is 1.41 bits per heavy atom. The van der Waals surface area contributed by atoms with Crippen LogP contribution in [0, 0.1) is 5.92 Å². The number of benzene rings is 1. The first-order chi connectivity index (χ1) is 8.24. The molecule has 1 aliphatic carbocycles. The molecule has 2 rings (SSSR count). The Hall–Kier alpha value is -1.02. The van der Waals surface area contributed by atoms with Crippen LogP contribution in [0.2, 0.25) is 0 Å². The van der Waals surface area contributed by atoms with Crippen molar-refractivity contribution in [2.75, 3.05) is 5.88 Å². The minimum absolute atomic E-state index is 0.0877. The zero-order valence-electron chi connectivity index (χ0n) is 10.1. The summed E-state index contributed by atoms with van der Waals surface area (Å²) in [5, 5.41) is 3.02. The lowest BCUT2D eigenvalue weighted by atomic mass is 10.0. The van der Waals surface area contributed by atoms with Gasteiger partial charge in [-0.25, -0.2) is 0 Å². The molecule has 1 aromatic carbocycles. The number of halogens is 1. The summed E-state index contributed by atoms with van der Waals surface area (Å²) in [6.07, 6.45) is 2.61. The smallest absolute Gasteiger partial charge is 0.224 e. The first-order valence-electron chi connectivity index (χ1n) is 6.17. The molecule has 0 radical (unpaired) electrons. The van der Waals surface area contributed by atoms with Crippen molar-refractivity contribution in [2.45, 2.75) is 32.2 Å². The molecule has 1 N–H and O–H groups in total. The molecule has 0 aromatic heterocycles. The zero-order chi connectivity index (χ0) is 12.3. The highest BCUT2D eigenvalue weighted by atomic mass is 35.5. The molecule has 2 nitrogen and oxygen atoms in total. The number of hydrogen-bond donors (Lipinski definition) is 1. The average Bonchev–Trinajstić information content (AvgIpc) is 2.79. The number of amides is 1. The Morgan fingerprint density at radius 2 is 2.00 bits per heavy atom. The minimum atomic E-state index is 0.0877. The van der Waals surface area contributed by atoms with Gasteiger partial charge in [0.05, 0.1) is 0 Å². The number of carbonyl (C=O) groups is 1. The standard InChI is InChI=1S/C14H18ClNO/c1-2-13(9-15)16-14(17)12-7-10-5-3-4-6-11(10)8-12/h3-6,12-13H,2,7-9H2,1H3,(H,16,17). The second-order valence-electron chi connectivity index (χ2n) is 4.64. The lowest BCUT2D eigenvalue weighted by Crippen LogP contribution is -2.39. The van der Waals surface area contributed by atoms with Crippen molar-refractivity contribution >= 4 is 17.5 Å². The number of carbonyl (C=O) groups excluding carboxylic acids is 1. The van der Waals surface area contributed by atoms with Crippen LogP contribution in [-0.2, 0) is 17.6 Å². The quantitative estimate of drug-likeness (QED) is 0.819. The second kappa shape index (κ2) is 5.54. The molecule has 1 aliphatic rings. The highest BCUT2D eigenvalue weighted by molar-refractivity contribution is 6.18. The van der Waals surface area contributed by atoms with Gasteiger partial charge in [-0.3, -0.25) is 4.79 Å². The molecule has 1 amide bonds. The van der Waals surface area contributed by atoms with E-state index in [2.05, 4.69) is 17.4 Å². The van der Waals surface area contributed by atoms with Crippen LogP contribution in [0.5, 0.6) is 0 Å². The van der Waals surface area contributed by atoms with Gasteiger partial charge in [0, 0.05) is 17.8 Å². The number of alkyl halides is 1. The van der Waals surface area contributed by atoms with Crippen molar-refractivity contribution in [1.82, 2.24) is 5.32 Å². The van der Waals surface area contributed by atoms with Gasteiger partial charge >= 0.3 is 0 Å². The topological polar surface area (TPSA) is 29.1 Å². The lowest BCUT2D eigenvalue weighted by Gasteiger charge is -2.16. The fourth-order valence-electron chi connectivity index (χ4n) is 2.31. The highest BCUT2D eigenvalue weighted by Gasteiger charge is 2.27. The van der Waals surface area contributed by atoms with Crippen LogP contribution >= 0.6 is 11.6 Å². The van der Waals surface area contributed by atoms with Crippen LogP contribution in [-0.4, -0.2) is 17.8 Å². The number of nitrogens with one attached hydrogen (secondary N) is 1. The monoisotopic (exact) mass is 251 g/mol. The molecule has 0 spiro atoms. The number of rotatable bonds is 4. The molecule has 17 heavy (non-hydrogen) atoms. The van der Waals surface area contributed by atoms with E-state index >= 15 is 0 Å². The Bertz CT molecular complexity index is 376. The summed E-state index contributed by atoms with van der Waals surface area (Å²) in [4.78, 5) is 12.1. The van der Waals surface area contributed by atoms with Crippen LogP contribution in [0.3, 0.4) is 0 Å². The van der Waals surface area contributed by atoms with Gasteiger partial charge < -0.3 is 5.32 Å². The van der Waals surface area contributed by atoms with Crippen LogP contribution in [0.4, 0.5) is 0 Å². The van der Waals surface area contributed by atoms with Crippen molar-refractivity contribution in [2.24, 2.45) is 5.92 Å². The predicted molar refractivity (Wildman–Crippen MR) is 70.3 cm³/mol. The Morgan fingerprint density at radius 3 is 2.47 bits per heavy atom. The minimum Gasteiger partial charge on any atom is -0.352 e. The molecule has 0 saturated carbocycles. The summed E-state index contributed by atoms with van der Waals surface area (Å²) in [6.45, 7) is 2.04. The molecule has 1 unspecified atom stereocenters. The van der Waals surface area contributed by atoms with E-state index in [1.165, 1.54) is 11.1 Å². The largest absolute Gasteiger partial charge is 0.352 e. The summed E-state index contributed by atoms with van der Waals surface area (Å²) in [5.41, 5.74) is 2.62. The molecule has 0 heterocycles. The first kappa shape index (κ1) is 12.4. The predicted octanol–water partition coefficient (Wildman–Crippen LogP) is 2.54. The average molecular weight is 252 g/mol. The Labute approximate surface area is 107 Å². The summed E-state index contributed by atoms with van der Waals surface area (Å²) < 4.78 is 0. The van der Waals surface area contributed by atoms with Crippen LogP contribution in [0.1, 0.15) is 24.5 Å². The summed E-state index contributed by atoms with van der Waals surface area (Å²) in [7, 11) is 0. The van der Waals surface area contributed by atoms with E-state index in [4.69, 9.17) is 11.6 Å². The molecule has 92 valence electrons. The molecule has 0 aliphatic heterocycles. The van der Waals surface area contributed by atoms with Gasteiger partial charge in [0.25, 0.3) is 0 Å². The third-order valence-electron chi connectivity index (χ3n) is 3.45. The lowest BCUT2D eigenvalue weighted by molar-refractivity contribution is -0.125. The van der Waals surface area contributed by atoms with E-state index in [-0.39, 0.29) is 17.9 Å². The Kier molecular flexibility index (Phi) is 4.06. The number of hydrogen-bond acceptors (Lipinski definition) is 1. The van der Waals surface area contributed by atoms with E-state index in [9.17, 15) is 4.79 Å². The van der Waals surface area contributed by atoms with Crippen molar-refractivity contribution in [1.29, 1.82) is 0 Å². The maximum Gasteiger partial charge on any atom is 0.224 e. The molecule has 0 saturated heterocycles. The van der Waals surface area contributed by atoms with Gasteiger partial charge in [-0.15, -0.1) is 11.6 Å². The SMILES string of the molecule is CCC(CCl)NC(=O)C1Cc2ccccc2C1. The maximum absolute atomic E-state index is 12.1. The van der Waals surface area contributed by atoms with Gasteiger partial charge in [-0.1, -0.05) is 31.2 Å². The van der Waals surface area contributed by atoms with E-state index in [0.29, 0.717) is 5.88 Å². The molecule has 3 heteroatoms. The normalized spacial score (nSPS) is 16.6. The van der Waals surface area contributed by atoms with Gasteiger partial charge in [0.2, 0.25) is 5.91 Å². The van der Waals surface area contributed by atoms with Gasteiger partial charge in [0.1, 0.15) is 0 Å². The fraction of sp³-hybridized carbons (Fsp3) is 0.500. The van der Waals surface area contributed by atoms with Gasteiger partial charge in [-0.05, 0) is 30.4 Å². The molecular weight excluding hydrogens is 234 g/mol.